The third-order valence-corrected chi connectivity index (χ3v) is 2.88. The third-order valence-electron chi connectivity index (χ3n) is 2.88. The van der Waals surface area contributed by atoms with E-state index in [0.717, 1.165) is 25.9 Å². The first-order chi connectivity index (χ1) is 7.75. The molecule has 0 saturated heterocycles. The summed E-state index contributed by atoms with van der Waals surface area (Å²) in [5.74, 6) is 1.22. The molecule has 0 spiro atoms. The van der Waals surface area contributed by atoms with Crippen LogP contribution < -0.4 is 5.73 Å². The summed E-state index contributed by atoms with van der Waals surface area (Å²) in [5.41, 5.74) is 5.89. The Labute approximate surface area is 99.4 Å². The van der Waals surface area contributed by atoms with Crippen molar-refractivity contribution in [2.75, 3.05) is 13.1 Å². The van der Waals surface area contributed by atoms with Crippen LogP contribution in [0.3, 0.4) is 0 Å². The van der Waals surface area contributed by atoms with Crippen LogP contribution in [0.2, 0.25) is 0 Å². The standard InChI is InChI=1S/C13H25N3/c1-3-4-5-6-7-8-9-13-15-10-11-16(13)12(2)14/h4-5,12H,3,6-11,14H2,1-2H3/b5-4+. The first-order valence-electron chi connectivity index (χ1n) is 6.46. The van der Waals surface area contributed by atoms with Gasteiger partial charge in [0.1, 0.15) is 5.84 Å². The van der Waals surface area contributed by atoms with Gasteiger partial charge in [-0.3, -0.25) is 4.99 Å². The Morgan fingerprint density at radius 3 is 2.94 bits per heavy atom. The molecule has 0 radical (unpaired) electrons. The maximum Gasteiger partial charge on any atom is 0.100 e. The van der Waals surface area contributed by atoms with Gasteiger partial charge in [-0.1, -0.05) is 19.1 Å². The lowest BCUT2D eigenvalue weighted by Crippen LogP contribution is -2.41. The van der Waals surface area contributed by atoms with Gasteiger partial charge < -0.3 is 10.6 Å². The third kappa shape index (κ3) is 4.35. The van der Waals surface area contributed by atoms with Crippen LogP contribution in [0.4, 0.5) is 0 Å². The average molecular weight is 223 g/mol. The minimum atomic E-state index is 0.112. The topological polar surface area (TPSA) is 41.6 Å². The Bertz CT molecular complexity index is 244. The zero-order valence-corrected chi connectivity index (χ0v) is 10.7. The summed E-state index contributed by atoms with van der Waals surface area (Å²) in [6, 6.07) is 0. The maximum atomic E-state index is 5.89. The number of aliphatic imine (C=N–C) groups is 1. The molecule has 0 fully saturated rings. The van der Waals surface area contributed by atoms with Crippen LogP contribution in [-0.2, 0) is 0 Å². The summed E-state index contributed by atoms with van der Waals surface area (Å²) >= 11 is 0. The summed E-state index contributed by atoms with van der Waals surface area (Å²) in [7, 11) is 0. The summed E-state index contributed by atoms with van der Waals surface area (Å²) in [4.78, 5) is 6.74. The number of rotatable bonds is 7. The number of hydrogen-bond acceptors (Lipinski definition) is 3. The van der Waals surface area contributed by atoms with E-state index in [1.165, 1.54) is 25.1 Å². The highest BCUT2D eigenvalue weighted by molar-refractivity contribution is 5.83. The fraction of sp³-hybridized carbons (Fsp3) is 0.769. The lowest BCUT2D eigenvalue weighted by atomic mass is 10.1. The van der Waals surface area contributed by atoms with E-state index < -0.39 is 0 Å². The van der Waals surface area contributed by atoms with E-state index in [-0.39, 0.29) is 6.17 Å². The molecular weight excluding hydrogens is 198 g/mol. The fourth-order valence-electron chi connectivity index (χ4n) is 2.00. The van der Waals surface area contributed by atoms with Crippen molar-refractivity contribution in [2.45, 2.75) is 52.1 Å². The molecule has 0 aromatic heterocycles. The van der Waals surface area contributed by atoms with E-state index in [0.29, 0.717) is 0 Å². The Morgan fingerprint density at radius 1 is 1.44 bits per heavy atom. The van der Waals surface area contributed by atoms with Gasteiger partial charge in [0.25, 0.3) is 0 Å². The summed E-state index contributed by atoms with van der Waals surface area (Å²) in [6.45, 7) is 6.13. The molecule has 0 aliphatic carbocycles. The molecule has 0 aromatic carbocycles. The normalized spacial score (nSPS) is 18.2. The van der Waals surface area contributed by atoms with Crippen LogP contribution in [0.25, 0.3) is 0 Å². The summed E-state index contributed by atoms with van der Waals surface area (Å²) in [5, 5.41) is 0. The van der Waals surface area contributed by atoms with Crippen LogP contribution in [0.1, 0.15) is 46.0 Å². The number of amidine groups is 1. The molecule has 0 amide bonds. The van der Waals surface area contributed by atoms with E-state index >= 15 is 0 Å². The van der Waals surface area contributed by atoms with Gasteiger partial charge in [-0.2, -0.15) is 0 Å². The minimum absolute atomic E-state index is 0.112. The molecule has 0 saturated carbocycles. The van der Waals surface area contributed by atoms with Gasteiger partial charge >= 0.3 is 0 Å². The van der Waals surface area contributed by atoms with Crippen LogP contribution >= 0.6 is 0 Å². The van der Waals surface area contributed by atoms with Gasteiger partial charge in [-0.25, -0.2) is 0 Å². The second-order valence-electron chi connectivity index (χ2n) is 4.36. The Morgan fingerprint density at radius 2 is 2.25 bits per heavy atom. The molecule has 1 aliphatic heterocycles. The Hall–Kier alpha value is -0.830. The van der Waals surface area contributed by atoms with Gasteiger partial charge in [0, 0.05) is 13.0 Å². The van der Waals surface area contributed by atoms with Gasteiger partial charge in [-0.15, -0.1) is 0 Å². The zero-order chi connectivity index (χ0) is 11.8. The molecule has 2 N–H and O–H groups in total. The fourth-order valence-corrected chi connectivity index (χ4v) is 2.00. The van der Waals surface area contributed by atoms with Crippen molar-refractivity contribution in [1.82, 2.24) is 4.90 Å². The van der Waals surface area contributed by atoms with Gasteiger partial charge in [0.2, 0.25) is 0 Å². The van der Waals surface area contributed by atoms with E-state index in [9.17, 15) is 0 Å². The van der Waals surface area contributed by atoms with Crippen molar-refractivity contribution in [3.8, 4) is 0 Å². The molecule has 16 heavy (non-hydrogen) atoms. The van der Waals surface area contributed by atoms with E-state index in [4.69, 9.17) is 5.73 Å². The van der Waals surface area contributed by atoms with Gasteiger partial charge in [0.05, 0.1) is 12.7 Å². The number of allylic oxidation sites excluding steroid dienone is 2. The lowest BCUT2D eigenvalue weighted by Gasteiger charge is -2.24. The molecule has 1 atom stereocenters. The molecule has 1 aliphatic rings. The second kappa shape index (κ2) is 7.44. The van der Waals surface area contributed by atoms with E-state index in [1.54, 1.807) is 0 Å². The first-order valence-corrected chi connectivity index (χ1v) is 6.46. The molecule has 1 rings (SSSR count). The van der Waals surface area contributed by atoms with Crippen molar-refractivity contribution in [1.29, 1.82) is 0 Å². The molecule has 1 heterocycles. The Balaban J connectivity index is 2.15. The van der Waals surface area contributed by atoms with Gasteiger partial charge in [-0.05, 0) is 32.6 Å². The van der Waals surface area contributed by atoms with Crippen molar-refractivity contribution >= 4 is 5.84 Å². The highest BCUT2D eigenvalue weighted by atomic mass is 15.3. The second-order valence-corrected chi connectivity index (χ2v) is 4.36. The SMILES string of the molecule is CC/C=C/CCCCC1=NCCN1C(C)N. The molecular formula is C13H25N3. The number of unbranched alkanes of at least 4 members (excludes halogenated alkanes) is 2. The highest BCUT2D eigenvalue weighted by Gasteiger charge is 2.18. The highest BCUT2D eigenvalue weighted by Crippen LogP contribution is 2.11. The van der Waals surface area contributed by atoms with Gasteiger partial charge in [0.15, 0.2) is 0 Å². The van der Waals surface area contributed by atoms with Crippen LogP contribution in [0.15, 0.2) is 17.1 Å². The molecule has 0 aromatic rings. The van der Waals surface area contributed by atoms with Crippen LogP contribution in [0, 0.1) is 0 Å². The molecule has 92 valence electrons. The van der Waals surface area contributed by atoms with E-state index in [2.05, 4.69) is 29.0 Å². The van der Waals surface area contributed by atoms with Crippen LogP contribution in [0.5, 0.6) is 0 Å². The molecule has 0 bridgehead atoms. The average Bonchev–Trinajstić information content (AvgIpc) is 2.71. The first kappa shape index (κ1) is 13.2. The van der Waals surface area contributed by atoms with Crippen molar-refractivity contribution < 1.29 is 0 Å². The monoisotopic (exact) mass is 223 g/mol. The lowest BCUT2D eigenvalue weighted by molar-refractivity contribution is 0.359. The van der Waals surface area contributed by atoms with Crippen molar-refractivity contribution in [3.63, 3.8) is 0 Å². The number of nitrogens with zero attached hydrogens (tertiary/aromatic N) is 2. The predicted octanol–water partition coefficient (Wildman–Crippen LogP) is 2.53. The maximum absolute atomic E-state index is 5.89. The zero-order valence-electron chi connectivity index (χ0n) is 10.7. The quantitative estimate of drug-likeness (QED) is 0.532. The van der Waals surface area contributed by atoms with Crippen molar-refractivity contribution in [2.24, 2.45) is 10.7 Å². The van der Waals surface area contributed by atoms with E-state index in [1.807, 2.05) is 6.92 Å². The van der Waals surface area contributed by atoms with Crippen molar-refractivity contribution in [3.05, 3.63) is 12.2 Å². The largest absolute Gasteiger partial charge is 0.343 e. The molecule has 3 heteroatoms. The number of hydrogen-bond donors (Lipinski definition) is 1. The minimum Gasteiger partial charge on any atom is -0.343 e. The summed E-state index contributed by atoms with van der Waals surface area (Å²) in [6.07, 6.45) is 10.5. The predicted molar refractivity (Wildman–Crippen MR) is 70.6 cm³/mol. The smallest absolute Gasteiger partial charge is 0.100 e. The van der Waals surface area contributed by atoms with Crippen LogP contribution in [-0.4, -0.2) is 30.0 Å². The number of nitrogens with two attached hydrogens (primary N) is 1. The molecule has 1 unspecified atom stereocenters. The summed E-state index contributed by atoms with van der Waals surface area (Å²) < 4.78 is 0. The molecule has 3 nitrogen and oxygen atoms in total. The Kier molecular flexibility index (Phi) is 6.16.